The zero-order valence-electron chi connectivity index (χ0n) is 24.3. The summed E-state index contributed by atoms with van der Waals surface area (Å²) in [5, 5.41) is 8.95. The highest BCUT2D eigenvalue weighted by atomic mass is 16.2. The minimum Gasteiger partial charge on any atom is -0.383 e. The second kappa shape index (κ2) is 11.2. The van der Waals surface area contributed by atoms with Crippen molar-refractivity contribution in [3.63, 3.8) is 0 Å². The smallest absolute Gasteiger partial charge is 0.234 e. The SMILES string of the molecule is CN1CCN([C@H]2CC[C@@H](n3nc(-c4ccc(NC(=O)C(C)(C)c5ccccc5)cc4)c4c(N)ncnc43)CC2)CC1. The number of hydrogen-bond donors (Lipinski definition) is 2. The van der Waals surface area contributed by atoms with Crippen LogP contribution in [0.3, 0.4) is 0 Å². The molecule has 2 aromatic heterocycles. The van der Waals surface area contributed by atoms with Crippen LogP contribution in [0.5, 0.6) is 0 Å². The van der Waals surface area contributed by atoms with E-state index in [9.17, 15) is 4.79 Å². The normalized spacial score (nSPS) is 20.8. The van der Waals surface area contributed by atoms with Crippen molar-refractivity contribution >= 4 is 28.4 Å². The van der Waals surface area contributed by atoms with Crippen molar-refractivity contribution in [2.75, 3.05) is 44.3 Å². The lowest BCUT2D eigenvalue weighted by Crippen LogP contribution is -2.49. The molecule has 1 amide bonds. The third-order valence-electron chi connectivity index (χ3n) is 9.06. The predicted octanol–water partition coefficient (Wildman–Crippen LogP) is 4.72. The molecule has 1 saturated heterocycles. The van der Waals surface area contributed by atoms with Crippen LogP contribution in [0.2, 0.25) is 0 Å². The summed E-state index contributed by atoms with van der Waals surface area (Å²) in [6, 6.07) is 18.6. The molecule has 1 aliphatic carbocycles. The van der Waals surface area contributed by atoms with E-state index in [-0.39, 0.29) is 11.9 Å². The van der Waals surface area contributed by atoms with Crippen LogP contribution in [0.25, 0.3) is 22.3 Å². The van der Waals surface area contributed by atoms with Gasteiger partial charge in [-0.3, -0.25) is 9.69 Å². The van der Waals surface area contributed by atoms with Crippen molar-refractivity contribution in [3.05, 3.63) is 66.5 Å². The van der Waals surface area contributed by atoms with Crippen LogP contribution in [0, 0.1) is 0 Å². The molecule has 214 valence electrons. The number of nitrogens with two attached hydrogens (primary N) is 1. The van der Waals surface area contributed by atoms with Gasteiger partial charge in [-0.15, -0.1) is 0 Å². The molecule has 1 aliphatic heterocycles. The van der Waals surface area contributed by atoms with Crippen molar-refractivity contribution < 1.29 is 4.79 Å². The van der Waals surface area contributed by atoms with Crippen LogP contribution < -0.4 is 11.1 Å². The molecule has 9 heteroatoms. The van der Waals surface area contributed by atoms with Crippen LogP contribution in [0.4, 0.5) is 11.5 Å². The fraction of sp³-hybridized carbons (Fsp3) is 0.438. The largest absolute Gasteiger partial charge is 0.383 e. The minimum atomic E-state index is -0.663. The van der Waals surface area contributed by atoms with E-state index in [1.165, 1.54) is 19.2 Å². The van der Waals surface area contributed by atoms with Gasteiger partial charge in [0.05, 0.1) is 16.8 Å². The lowest BCUT2D eigenvalue weighted by molar-refractivity contribution is -0.120. The number of amides is 1. The highest BCUT2D eigenvalue weighted by molar-refractivity contribution is 6.00. The molecule has 9 nitrogen and oxygen atoms in total. The second-order valence-corrected chi connectivity index (χ2v) is 12.1. The van der Waals surface area contributed by atoms with Gasteiger partial charge in [0.1, 0.15) is 17.8 Å². The summed E-state index contributed by atoms with van der Waals surface area (Å²) in [7, 11) is 2.21. The van der Waals surface area contributed by atoms with Gasteiger partial charge in [0.15, 0.2) is 5.65 Å². The average Bonchev–Trinajstić information content (AvgIpc) is 3.39. The number of likely N-dealkylation sites (N-methyl/N-ethyl adjacent to an activating group) is 1. The molecule has 2 aliphatic rings. The lowest BCUT2D eigenvalue weighted by atomic mass is 9.83. The average molecular weight is 553 g/mol. The number of aromatic nitrogens is 4. The van der Waals surface area contributed by atoms with Crippen LogP contribution in [-0.2, 0) is 10.2 Å². The number of nitrogen functional groups attached to an aromatic ring is 1. The van der Waals surface area contributed by atoms with Crippen molar-refractivity contribution in [1.82, 2.24) is 29.5 Å². The van der Waals surface area contributed by atoms with E-state index in [0.29, 0.717) is 11.9 Å². The van der Waals surface area contributed by atoms with E-state index in [1.54, 1.807) is 0 Å². The van der Waals surface area contributed by atoms with E-state index < -0.39 is 5.41 Å². The first-order chi connectivity index (χ1) is 19.8. The van der Waals surface area contributed by atoms with Crippen molar-refractivity contribution in [1.29, 1.82) is 0 Å². The molecule has 0 unspecified atom stereocenters. The van der Waals surface area contributed by atoms with Crippen LogP contribution >= 0.6 is 0 Å². The molecule has 4 aromatic rings. The Bertz CT molecular complexity index is 1500. The fourth-order valence-corrected chi connectivity index (χ4v) is 6.29. The number of rotatable bonds is 6. The maximum atomic E-state index is 13.2. The molecule has 0 spiro atoms. The van der Waals surface area contributed by atoms with Gasteiger partial charge in [-0.05, 0) is 64.3 Å². The number of benzene rings is 2. The quantitative estimate of drug-likeness (QED) is 0.357. The Labute approximate surface area is 241 Å². The number of nitrogens with one attached hydrogen (secondary N) is 1. The molecular weight excluding hydrogens is 512 g/mol. The summed E-state index contributed by atoms with van der Waals surface area (Å²) in [6.45, 7) is 8.49. The summed E-state index contributed by atoms with van der Waals surface area (Å²) in [4.78, 5) is 27.2. The third kappa shape index (κ3) is 5.44. The van der Waals surface area contributed by atoms with Gasteiger partial charge in [0.25, 0.3) is 0 Å². The minimum absolute atomic E-state index is 0.0593. The van der Waals surface area contributed by atoms with E-state index in [4.69, 9.17) is 10.8 Å². The first-order valence-electron chi connectivity index (χ1n) is 14.7. The molecule has 0 atom stereocenters. The summed E-state index contributed by atoms with van der Waals surface area (Å²) < 4.78 is 2.08. The van der Waals surface area contributed by atoms with Crippen molar-refractivity contribution in [2.24, 2.45) is 0 Å². The number of carbonyl (C=O) groups excluding carboxylic acids is 1. The molecule has 6 rings (SSSR count). The van der Waals surface area contributed by atoms with E-state index >= 15 is 0 Å². The number of hydrogen-bond acceptors (Lipinski definition) is 7. The van der Waals surface area contributed by atoms with E-state index in [0.717, 1.165) is 72.6 Å². The van der Waals surface area contributed by atoms with Crippen LogP contribution in [-0.4, -0.2) is 74.7 Å². The Balaban J connectivity index is 1.20. The Kier molecular flexibility index (Phi) is 7.48. The van der Waals surface area contributed by atoms with Crippen molar-refractivity contribution in [2.45, 2.75) is 57.0 Å². The topological polar surface area (TPSA) is 105 Å². The molecule has 3 N–H and O–H groups in total. The summed E-state index contributed by atoms with van der Waals surface area (Å²) in [5.41, 5.74) is 9.92. The molecule has 3 heterocycles. The van der Waals surface area contributed by atoms with Gasteiger partial charge in [0, 0.05) is 43.5 Å². The fourth-order valence-electron chi connectivity index (χ4n) is 6.29. The van der Waals surface area contributed by atoms with Gasteiger partial charge in [0.2, 0.25) is 5.91 Å². The number of piperazine rings is 1. The van der Waals surface area contributed by atoms with E-state index in [1.807, 2.05) is 68.4 Å². The maximum absolute atomic E-state index is 13.2. The molecule has 2 aromatic carbocycles. The van der Waals surface area contributed by atoms with Crippen LogP contribution in [0.1, 0.15) is 51.1 Å². The molecule has 0 radical (unpaired) electrons. The first-order valence-corrected chi connectivity index (χ1v) is 14.7. The van der Waals surface area contributed by atoms with Crippen LogP contribution in [0.15, 0.2) is 60.9 Å². The summed E-state index contributed by atoms with van der Waals surface area (Å²) in [5.74, 6) is 0.375. The van der Waals surface area contributed by atoms with E-state index in [2.05, 4.69) is 36.8 Å². The summed E-state index contributed by atoms with van der Waals surface area (Å²) >= 11 is 0. The van der Waals surface area contributed by atoms with Gasteiger partial charge in [-0.2, -0.15) is 5.10 Å². The van der Waals surface area contributed by atoms with Gasteiger partial charge in [-0.1, -0.05) is 42.5 Å². The zero-order valence-corrected chi connectivity index (χ0v) is 24.3. The molecule has 2 fully saturated rings. The molecule has 1 saturated carbocycles. The monoisotopic (exact) mass is 552 g/mol. The van der Waals surface area contributed by atoms with Gasteiger partial charge >= 0.3 is 0 Å². The van der Waals surface area contributed by atoms with Gasteiger partial charge < -0.3 is 16.0 Å². The zero-order chi connectivity index (χ0) is 28.6. The standard InChI is InChI=1S/C32H40N8O/c1-32(2,23-7-5-4-6-8-23)31(41)36-24-11-9-22(10-12-24)28-27-29(33)34-21-35-30(27)40(37-28)26-15-13-25(14-16-26)39-19-17-38(3)18-20-39/h4-12,21,25-26H,13-20H2,1-3H3,(H,36,41)(H2,33,34,35)/t25-,26+. The number of fused-ring (bicyclic) bond motifs is 1. The molecule has 0 bridgehead atoms. The Morgan fingerprint density at radius 2 is 1.56 bits per heavy atom. The van der Waals surface area contributed by atoms with Crippen molar-refractivity contribution in [3.8, 4) is 11.3 Å². The Morgan fingerprint density at radius 1 is 0.902 bits per heavy atom. The second-order valence-electron chi connectivity index (χ2n) is 12.1. The number of anilines is 2. The van der Waals surface area contributed by atoms with Gasteiger partial charge in [-0.25, -0.2) is 14.6 Å². The number of nitrogens with zero attached hydrogens (tertiary/aromatic N) is 6. The third-order valence-corrected chi connectivity index (χ3v) is 9.06. The first kappa shape index (κ1) is 27.4. The molecular formula is C32H40N8O. The highest BCUT2D eigenvalue weighted by Crippen LogP contribution is 2.37. The predicted molar refractivity (Wildman–Crippen MR) is 164 cm³/mol. The number of carbonyl (C=O) groups is 1. The molecule has 41 heavy (non-hydrogen) atoms. The lowest BCUT2D eigenvalue weighted by Gasteiger charge is -2.41. The summed E-state index contributed by atoms with van der Waals surface area (Å²) in [6.07, 6.45) is 6.00. The Hall–Kier alpha value is -3.82. The highest BCUT2D eigenvalue weighted by Gasteiger charge is 2.31. The Morgan fingerprint density at radius 3 is 2.24 bits per heavy atom. The maximum Gasteiger partial charge on any atom is 0.234 e.